The van der Waals surface area contributed by atoms with Crippen LogP contribution in [0.15, 0.2) is 18.2 Å². The van der Waals surface area contributed by atoms with Gasteiger partial charge in [-0.05, 0) is 63.0 Å². The Balaban J connectivity index is 1.77. The van der Waals surface area contributed by atoms with Gasteiger partial charge in [-0.2, -0.15) is 0 Å². The molecule has 1 N–H and O–H groups in total. The quantitative estimate of drug-likeness (QED) is 0.882. The van der Waals surface area contributed by atoms with Crippen molar-refractivity contribution in [1.82, 2.24) is 10.2 Å². The molecule has 1 fully saturated rings. The van der Waals surface area contributed by atoms with Crippen LogP contribution in [-0.4, -0.2) is 37.6 Å². The number of aryl methyl sites for hydroxylation is 2. The van der Waals surface area contributed by atoms with Gasteiger partial charge in [-0.3, -0.25) is 0 Å². The van der Waals surface area contributed by atoms with Gasteiger partial charge in [-0.15, -0.1) is 0 Å². The molecule has 0 unspecified atom stereocenters. The largest absolute Gasteiger partial charge is 0.315 e. The normalized spacial score (nSPS) is 17.7. The summed E-state index contributed by atoms with van der Waals surface area (Å²) in [6.07, 6.45) is 3.11. The molecule has 0 radical (unpaired) electrons. The Morgan fingerprint density at radius 3 is 3.00 bits per heavy atom. The van der Waals surface area contributed by atoms with E-state index in [1.165, 1.54) is 13.0 Å². The number of halogens is 1. The van der Waals surface area contributed by atoms with E-state index in [1.807, 2.05) is 19.1 Å². The molecule has 1 aromatic carbocycles. The molecule has 1 aliphatic rings. The molecule has 0 spiro atoms. The van der Waals surface area contributed by atoms with Crippen LogP contribution in [0.5, 0.6) is 0 Å². The zero-order valence-corrected chi connectivity index (χ0v) is 11.2. The first-order chi connectivity index (χ1) is 8.75. The van der Waals surface area contributed by atoms with Crippen molar-refractivity contribution in [1.29, 1.82) is 0 Å². The Labute approximate surface area is 109 Å². The molecule has 1 aromatic rings. The van der Waals surface area contributed by atoms with Crippen molar-refractivity contribution in [2.45, 2.75) is 26.2 Å². The maximum Gasteiger partial charge on any atom is 0.126 e. The number of nitrogens with zero attached hydrogens (tertiary/aromatic N) is 1. The third kappa shape index (κ3) is 4.07. The summed E-state index contributed by atoms with van der Waals surface area (Å²) in [6, 6.07) is 5.55. The molecule has 1 saturated heterocycles. The van der Waals surface area contributed by atoms with E-state index < -0.39 is 0 Å². The highest BCUT2D eigenvalue weighted by molar-refractivity contribution is 5.23. The molecule has 0 aromatic heterocycles. The summed E-state index contributed by atoms with van der Waals surface area (Å²) in [4.78, 5) is 2.48. The Hall–Kier alpha value is -0.930. The van der Waals surface area contributed by atoms with Gasteiger partial charge in [0.25, 0.3) is 0 Å². The third-order valence-corrected chi connectivity index (χ3v) is 3.56. The van der Waals surface area contributed by atoms with E-state index in [2.05, 4.69) is 10.2 Å². The Morgan fingerprint density at radius 2 is 2.17 bits per heavy atom. The molecule has 1 heterocycles. The molecule has 18 heavy (non-hydrogen) atoms. The van der Waals surface area contributed by atoms with E-state index >= 15 is 0 Å². The van der Waals surface area contributed by atoms with Gasteiger partial charge in [-0.1, -0.05) is 12.1 Å². The molecule has 3 heteroatoms. The van der Waals surface area contributed by atoms with Gasteiger partial charge in [0, 0.05) is 13.1 Å². The second-order valence-electron chi connectivity index (χ2n) is 5.14. The number of hydrogen-bond donors (Lipinski definition) is 1. The van der Waals surface area contributed by atoms with Crippen molar-refractivity contribution >= 4 is 0 Å². The summed E-state index contributed by atoms with van der Waals surface area (Å²) in [5.41, 5.74) is 1.85. The molecule has 100 valence electrons. The van der Waals surface area contributed by atoms with E-state index in [0.717, 1.165) is 50.1 Å². The van der Waals surface area contributed by atoms with E-state index in [4.69, 9.17) is 0 Å². The zero-order chi connectivity index (χ0) is 12.8. The second kappa shape index (κ2) is 6.86. The van der Waals surface area contributed by atoms with Gasteiger partial charge in [0.2, 0.25) is 0 Å². The van der Waals surface area contributed by atoms with E-state index in [9.17, 15) is 4.39 Å². The molecule has 1 aliphatic heterocycles. The maximum absolute atomic E-state index is 13.7. The number of benzene rings is 1. The van der Waals surface area contributed by atoms with Crippen molar-refractivity contribution in [3.05, 3.63) is 35.1 Å². The summed E-state index contributed by atoms with van der Waals surface area (Å²) in [5.74, 6) is -0.0486. The molecule has 0 saturated carbocycles. The van der Waals surface area contributed by atoms with Crippen LogP contribution in [0.25, 0.3) is 0 Å². The van der Waals surface area contributed by atoms with Crippen LogP contribution in [-0.2, 0) is 6.42 Å². The number of rotatable bonds is 4. The maximum atomic E-state index is 13.7. The van der Waals surface area contributed by atoms with Crippen LogP contribution in [0, 0.1) is 12.7 Å². The highest BCUT2D eigenvalue weighted by Gasteiger charge is 2.08. The lowest BCUT2D eigenvalue weighted by atomic mass is 10.1. The topological polar surface area (TPSA) is 15.3 Å². The first-order valence-electron chi connectivity index (χ1n) is 6.94. The minimum Gasteiger partial charge on any atom is -0.315 e. The van der Waals surface area contributed by atoms with Gasteiger partial charge in [0.05, 0.1) is 0 Å². The summed E-state index contributed by atoms with van der Waals surface area (Å²) in [7, 11) is 0. The Morgan fingerprint density at radius 1 is 1.28 bits per heavy atom. The SMILES string of the molecule is Cc1ccc(CCCN2CCCNCC2)c(F)c1. The fraction of sp³-hybridized carbons (Fsp3) is 0.600. The highest BCUT2D eigenvalue weighted by atomic mass is 19.1. The van der Waals surface area contributed by atoms with Gasteiger partial charge < -0.3 is 10.2 Å². The summed E-state index contributed by atoms with van der Waals surface area (Å²) >= 11 is 0. The lowest BCUT2D eigenvalue weighted by molar-refractivity contribution is 0.288. The van der Waals surface area contributed by atoms with E-state index in [-0.39, 0.29) is 5.82 Å². The van der Waals surface area contributed by atoms with Crippen LogP contribution in [0.3, 0.4) is 0 Å². The fourth-order valence-corrected chi connectivity index (χ4v) is 2.47. The molecular weight excluding hydrogens is 227 g/mol. The Kier molecular flexibility index (Phi) is 5.14. The van der Waals surface area contributed by atoms with Gasteiger partial charge in [-0.25, -0.2) is 4.39 Å². The van der Waals surface area contributed by atoms with Crippen molar-refractivity contribution in [3.63, 3.8) is 0 Å². The van der Waals surface area contributed by atoms with Gasteiger partial charge in [0.15, 0.2) is 0 Å². The summed E-state index contributed by atoms with van der Waals surface area (Å²) < 4.78 is 13.7. The second-order valence-corrected chi connectivity index (χ2v) is 5.14. The van der Waals surface area contributed by atoms with Crippen molar-refractivity contribution in [2.24, 2.45) is 0 Å². The van der Waals surface area contributed by atoms with E-state index in [0.29, 0.717) is 0 Å². The minimum absolute atomic E-state index is 0.0486. The van der Waals surface area contributed by atoms with Crippen molar-refractivity contribution in [2.75, 3.05) is 32.7 Å². The van der Waals surface area contributed by atoms with Crippen LogP contribution < -0.4 is 5.32 Å². The molecule has 0 atom stereocenters. The standard InChI is InChI=1S/C15H23FN2/c1-13-5-6-14(15(16)12-13)4-2-9-18-10-3-7-17-8-11-18/h5-6,12,17H,2-4,7-11H2,1H3. The minimum atomic E-state index is -0.0486. The molecule has 0 bridgehead atoms. The summed E-state index contributed by atoms with van der Waals surface area (Å²) in [6.45, 7) is 7.51. The highest BCUT2D eigenvalue weighted by Crippen LogP contribution is 2.12. The average molecular weight is 250 g/mol. The van der Waals surface area contributed by atoms with Crippen molar-refractivity contribution < 1.29 is 4.39 Å². The number of nitrogens with one attached hydrogen (secondary N) is 1. The third-order valence-electron chi connectivity index (χ3n) is 3.56. The van der Waals surface area contributed by atoms with Crippen LogP contribution in [0.1, 0.15) is 24.0 Å². The average Bonchev–Trinajstić information content (AvgIpc) is 2.60. The molecule has 0 amide bonds. The molecular formula is C15H23FN2. The first-order valence-corrected chi connectivity index (χ1v) is 6.94. The van der Waals surface area contributed by atoms with Crippen molar-refractivity contribution in [3.8, 4) is 0 Å². The van der Waals surface area contributed by atoms with Crippen LogP contribution in [0.4, 0.5) is 4.39 Å². The lowest BCUT2D eigenvalue weighted by Crippen LogP contribution is -2.29. The van der Waals surface area contributed by atoms with Crippen LogP contribution >= 0.6 is 0 Å². The fourth-order valence-electron chi connectivity index (χ4n) is 2.47. The predicted molar refractivity (Wildman–Crippen MR) is 73.4 cm³/mol. The zero-order valence-electron chi connectivity index (χ0n) is 11.2. The number of hydrogen-bond acceptors (Lipinski definition) is 2. The molecule has 2 nitrogen and oxygen atoms in total. The summed E-state index contributed by atoms with van der Waals surface area (Å²) in [5, 5.41) is 3.40. The monoisotopic (exact) mass is 250 g/mol. The lowest BCUT2D eigenvalue weighted by Gasteiger charge is -2.19. The smallest absolute Gasteiger partial charge is 0.126 e. The predicted octanol–water partition coefficient (Wildman–Crippen LogP) is 2.36. The molecule has 0 aliphatic carbocycles. The Bertz CT molecular complexity index is 371. The van der Waals surface area contributed by atoms with Crippen LogP contribution in [0.2, 0.25) is 0 Å². The van der Waals surface area contributed by atoms with Gasteiger partial charge in [0.1, 0.15) is 5.82 Å². The first kappa shape index (κ1) is 13.5. The van der Waals surface area contributed by atoms with E-state index in [1.54, 1.807) is 6.07 Å². The molecule has 2 rings (SSSR count). The van der Waals surface area contributed by atoms with Gasteiger partial charge >= 0.3 is 0 Å².